The van der Waals surface area contributed by atoms with E-state index in [2.05, 4.69) is 5.32 Å². The Kier molecular flexibility index (Phi) is 6.11. The molecule has 2 aromatic carbocycles. The Bertz CT molecular complexity index is 620. The van der Waals surface area contributed by atoms with E-state index in [1.165, 1.54) is 38.2 Å². The van der Waals surface area contributed by atoms with Crippen molar-refractivity contribution in [2.75, 3.05) is 11.9 Å². The van der Waals surface area contributed by atoms with Crippen molar-refractivity contribution in [1.29, 1.82) is 0 Å². The van der Waals surface area contributed by atoms with Crippen LogP contribution in [0.1, 0.15) is 44.1 Å². The van der Waals surface area contributed by atoms with Crippen molar-refractivity contribution in [3.8, 4) is 5.75 Å². The van der Waals surface area contributed by atoms with Crippen molar-refractivity contribution >= 4 is 5.69 Å². The average molecular weight is 327 g/mol. The molecule has 0 unspecified atom stereocenters. The summed E-state index contributed by atoms with van der Waals surface area (Å²) in [6.07, 6.45) is 8.05. The van der Waals surface area contributed by atoms with Gasteiger partial charge in [-0.1, -0.05) is 50.3 Å². The van der Waals surface area contributed by atoms with E-state index in [1.807, 2.05) is 30.3 Å². The SMILES string of the molecule is Fc1ccccc1CNc1ccc(OCCC2CCCCC2)cc1. The highest BCUT2D eigenvalue weighted by atomic mass is 19.1. The average Bonchev–Trinajstić information content (AvgIpc) is 2.63. The highest BCUT2D eigenvalue weighted by Gasteiger charge is 2.13. The molecule has 1 aliphatic rings. The lowest BCUT2D eigenvalue weighted by atomic mass is 9.87. The predicted molar refractivity (Wildman–Crippen MR) is 96.9 cm³/mol. The van der Waals surface area contributed by atoms with Gasteiger partial charge in [-0.2, -0.15) is 0 Å². The van der Waals surface area contributed by atoms with Crippen LogP contribution in [0.3, 0.4) is 0 Å². The van der Waals surface area contributed by atoms with Crippen LogP contribution in [0.2, 0.25) is 0 Å². The summed E-state index contributed by atoms with van der Waals surface area (Å²) in [5.74, 6) is 1.58. The van der Waals surface area contributed by atoms with Crippen molar-refractivity contribution in [2.24, 2.45) is 5.92 Å². The number of rotatable bonds is 7. The Morgan fingerprint density at radius 3 is 2.46 bits per heavy atom. The van der Waals surface area contributed by atoms with Crippen LogP contribution >= 0.6 is 0 Å². The van der Waals surface area contributed by atoms with Gasteiger partial charge in [0.15, 0.2) is 0 Å². The van der Waals surface area contributed by atoms with Crippen LogP contribution in [0.25, 0.3) is 0 Å². The molecule has 3 rings (SSSR count). The third-order valence-corrected chi connectivity index (χ3v) is 4.81. The summed E-state index contributed by atoms with van der Waals surface area (Å²) in [5, 5.41) is 3.24. The van der Waals surface area contributed by atoms with E-state index in [4.69, 9.17) is 4.74 Å². The molecule has 0 aromatic heterocycles. The van der Waals surface area contributed by atoms with Crippen LogP contribution in [0.15, 0.2) is 48.5 Å². The predicted octanol–water partition coefficient (Wildman–Crippen LogP) is 5.79. The van der Waals surface area contributed by atoms with E-state index >= 15 is 0 Å². The van der Waals surface area contributed by atoms with Gasteiger partial charge in [0.1, 0.15) is 11.6 Å². The molecular formula is C21H26FNO. The molecule has 0 atom stereocenters. The van der Waals surface area contributed by atoms with Crippen molar-refractivity contribution in [3.05, 3.63) is 59.9 Å². The van der Waals surface area contributed by atoms with Gasteiger partial charge < -0.3 is 10.1 Å². The third kappa shape index (κ3) is 4.98. The second kappa shape index (κ2) is 8.72. The molecular weight excluding hydrogens is 301 g/mol. The fourth-order valence-corrected chi connectivity index (χ4v) is 3.33. The second-order valence-corrected chi connectivity index (χ2v) is 6.61. The normalized spacial score (nSPS) is 15.2. The maximum atomic E-state index is 13.6. The standard InChI is InChI=1S/C21H26FNO/c22-21-9-5-4-8-18(21)16-23-19-10-12-20(13-11-19)24-15-14-17-6-2-1-3-7-17/h4-5,8-13,17,23H,1-3,6-7,14-16H2. The third-order valence-electron chi connectivity index (χ3n) is 4.81. The second-order valence-electron chi connectivity index (χ2n) is 6.61. The quantitative estimate of drug-likeness (QED) is 0.695. The molecule has 0 saturated heterocycles. The highest BCUT2D eigenvalue weighted by Crippen LogP contribution is 2.26. The van der Waals surface area contributed by atoms with Gasteiger partial charge in [-0.05, 0) is 42.7 Å². The molecule has 0 aliphatic heterocycles. The topological polar surface area (TPSA) is 21.3 Å². The van der Waals surface area contributed by atoms with Crippen LogP contribution in [0.4, 0.5) is 10.1 Å². The molecule has 0 amide bonds. The van der Waals surface area contributed by atoms with Gasteiger partial charge in [-0.15, -0.1) is 0 Å². The zero-order valence-electron chi connectivity index (χ0n) is 14.1. The molecule has 24 heavy (non-hydrogen) atoms. The minimum absolute atomic E-state index is 0.173. The highest BCUT2D eigenvalue weighted by molar-refractivity contribution is 5.46. The molecule has 1 N–H and O–H groups in total. The monoisotopic (exact) mass is 327 g/mol. The van der Waals surface area contributed by atoms with Gasteiger partial charge in [-0.3, -0.25) is 0 Å². The largest absolute Gasteiger partial charge is 0.494 e. The summed E-state index contributed by atoms with van der Waals surface area (Å²) >= 11 is 0. The van der Waals surface area contributed by atoms with E-state index in [1.54, 1.807) is 12.1 Å². The number of hydrogen-bond acceptors (Lipinski definition) is 2. The Morgan fingerprint density at radius 1 is 0.958 bits per heavy atom. The van der Waals surface area contributed by atoms with Crippen molar-refractivity contribution in [2.45, 2.75) is 45.1 Å². The summed E-state index contributed by atoms with van der Waals surface area (Å²) in [4.78, 5) is 0. The molecule has 1 fully saturated rings. The molecule has 2 nitrogen and oxygen atoms in total. The summed E-state index contributed by atoms with van der Waals surface area (Å²) in [6, 6.07) is 14.8. The summed E-state index contributed by atoms with van der Waals surface area (Å²) in [7, 11) is 0. The molecule has 0 spiro atoms. The molecule has 2 aromatic rings. The van der Waals surface area contributed by atoms with Crippen LogP contribution in [-0.2, 0) is 6.54 Å². The Hall–Kier alpha value is -2.03. The van der Waals surface area contributed by atoms with E-state index in [0.29, 0.717) is 12.1 Å². The summed E-state index contributed by atoms with van der Waals surface area (Å²) in [6.45, 7) is 1.28. The number of ether oxygens (including phenoxy) is 1. The van der Waals surface area contributed by atoms with E-state index in [-0.39, 0.29) is 5.82 Å². The zero-order valence-corrected chi connectivity index (χ0v) is 14.1. The van der Waals surface area contributed by atoms with Crippen LogP contribution in [0, 0.1) is 11.7 Å². The Labute approximate surface area is 144 Å². The van der Waals surface area contributed by atoms with Crippen LogP contribution in [-0.4, -0.2) is 6.61 Å². The minimum Gasteiger partial charge on any atom is -0.494 e. The van der Waals surface area contributed by atoms with Crippen molar-refractivity contribution < 1.29 is 9.13 Å². The smallest absolute Gasteiger partial charge is 0.128 e. The van der Waals surface area contributed by atoms with E-state index < -0.39 is 0 Å². The maximum absolute atomic E-state index is 13.6. The lowest BCUT2D eigenvalue weighted by Crippen LogP contribution is -2.10. The molecule has 3 heteroatoms. The maximum Gasteiger partial charge on any atom is 0.128 e. The van der Waals surface area contributed by atoms with E-state index in [9.17, 15) is 4.39 Å². The Balaban J connectivity index is 1.42. The van der Waals surface area contributed by atoms with Gasteiger partial charge in [0.25, 0.3) is 0 Å². The molecule has 0 heterocycles. The molecule has 0 bridgehead atoms. The number of benzene rings is 2. The van der Waals surface area contributed by atoms with Gasteiger partial charge in [-0.25, -0.2) is 4.39 Å². The van der Waals surface area contributed by atoms with Crippen molar-refractivity contribution in [1.82, 2.24) is 0 Å². The lowest BCUT2D eigenvalue weighted by molar-refractivity contribution is 0.246. The first-order chi connectivity index (χ1) is 11.8. The number of hydrogen-bond donors (Lipinski definition) is 1. The fraction of sp³-hybridized carbons (Fsp3) is 0.429. The van der Waals surface area contributed by atoms with Gasteiger partial charge >= 0.3 is 0 Å². The lowest BCUT2D eigenvalue weighted by Gasteiger charge is -2.21. The number of nitrogens with one attached hydrogen (secondary N) is 1. The van der Waals surface area contributed by atoms with E-state index in [0.717, 1.165) is 30.4 Å². The first-order valence-electron chi connectivity index (χ1n) is 9.01. The fourth-order valence-electron chi connectivity index (χ4n) is 3.33. The first-order valence-corrected chi connectivity index (χ1v) is 9.01. The minimum atomic E-state index is -0.173. The molecule has 128 valence electrons. The molecule has 1 saturated carbocycles. The summed E-state index contributed by atoms with van der Waals surface area (Å²) < 4.78 is 19.4. The first kappa shape index (κ1) is 16.8. The van der Waals surface area contributed by atoms with Crippen molar-refractivity contribution in [3.63, 3.8) is 0 Å². The molecule has 1 aliphatic carbocycles. The molecule has 0 radical (unpaired) electrons. The number of halogens is 1. The van der Waals surface area contributed by atoms with Gasteiger partial charge in [0, 0.05) is 17.8 Å². The van der Waals surface area contributed by atoms with Crippen LogP contribution in [0.5, 0.6) is 5.75 Å². The van der Waals surface area contributed by atoms with Gasteiger partial charge in [0.2, 0.25) is 0 Å². The number of anilines is 1. The zero-order chi connectivity index (χ0) is 16.6. The van der Waals surface area contributed by atoms with Gasteiger partial charge in [0.05, 0.1) is 6.61 Å². The van der Waals surface area contributed by atoms with Crippen LogP contribution < -0.4 is 10.1 Å². The Morgan fingerprint density at radius 2 is 1.71 bits per heavy atom. The summed E-state index contributed by atoms with van der Waals surface area (Å²) in [5.41, 5.74) is 1.64.